The molecular formula is C25H28N8O3. The first-order chi connectivity index (χ1) is 17.6. The van der Waals surface area contributed by atoms with Gasteiger partial charge in [0.15, 0.2) is 5.82 Å². The smallest absolute Gasteiger partial charge is 0.323 e. The number of nitrogens with zero attached hydrogens (tertiary/aromatic N) is 6. The van der Waals surface area contributed by atoms with E-state index in [1.54, 1.807) is 24.5 Å². The second kappa shape index (κ2) is 9.67. The quantitative estimate of drug-likeness (QED) is 0.559. The van der Waals surface area contributed by atoms with E-state index in [4.69, 9.17) is 24.4 Å². The molecule has 2 amide bonds. The lowest BCUT2D eigenvalue weighted by Gasteiger charge is -2.34. The average Bonchev–Trinajstić information content (AvgIpc) is 3.54. The maximum atomic E-state index is 12.3. The number of amides is 2. The van der Waals surface area contributed by atoms with Gasteiger partial charge in [0.25, 0.3) is 0 Å². The van der Waals surface area contributed by atoms with Crippen LogP contribution >= 0.6 is 0 Å². The van der Waals surface area contributed by atoms with Crippen LogP contribution in [0.15, 0.2) is 48.8 Å². The minimum atomic E-state index is -0.340. The van der Waals surface area contributed by atoms with Crippen LogP contribution in [0.3, 0.4) is 0 Å². The number of carbonyl (C=O) groups excluding carboxylic acids is 1. The molecule has 0 saturated carbocycles. The first-order valence-corrected chi connectivity index (χ1v) is 12.2. The van der Waals surface area contributed by atoms with Gasteiger partial charge in [-0.2, -0.15) is 15.0 Å². The van der Waals surface area contributed by atoms with Gasteiger partial charge in [0.05, 0.1) is 49.9 Å². The highest BCUT2D eigenvalue weighted by molar-refractivity contribution is 5.99. The van der Waals surface area contributed by atoms with Crippen molar-refractivity contribution in [1.82, 2.24) is 19.9 Å². The number of morpholine rings is 2. The van der Waals surface area contributed by atoms with Crippen molar-refractivity contribution in [2.24, 2.45) is 0 Å². The van der Waals surface area contributed by atoms with Gasteiger partial charge in [0.2, 0.25) is 11.9 Å². The Labute approximate surface area is 208 Å². The van der Waals surface area contributed by atoms with Gasteiger partial charge in [-0.15, -0.1) is 0 Å². The number of rotatable bonds is 5. The summed E-state index contributed by atoms with van der Waals surface area (Å²) in [6.07, 6.45) is 4.49. The van der Waals surface area contributed by atoms with E-state index in [-0.39, 0.29) is 18.2 Å². The number of urea groups is 1. The summed E-state index contributed by atoms with van der Waals surface area (Å²) in [6, 6.07) is 11.2. The second-order valence-corrected chi connectivity index (χ2v) is 9.27. The average molecular weight is 489 g/mol. The zero-order valence-electron chi connectivity index (χ0n) is 20.0. The number of hydrogen-bond donors (Lipinski definition) is 2. The molecule has 5 heterocycles. The van der Waals surface area contributed by atoms with Gasteiger partial charge in [-0.05, 0) is 49.7 Å². The summed E-state index contributed by atoms with van der Waals surface area (Å²) in [5.41, 5.74) is 2.13. The molecule has 3 atom stereocenters. The van der Waals surface area contributed by atoms with E-state index in [1.165, 1.54) is 0 Å². The first-order valence-electron chi connectivity index (χ1n) is 12.2. The summed E-state index contributed by atoms with van der Waals surface area (Å²) < 4.78 is 11.4. The third kappa shape index (κ3) is 4.67. The van der Waals surface area contributed by atoms with Crippen LogP contribution in [0.1, 0.15) is 13.3 Å². The fourth-order valence-corrected chi connectivity index (χ4v) is 4.84. The number of anilines is 4. The van der Waals surface area contributed by atoms with Crippen molar-refractivity contribution in [3.63, 3.8) is 0 Å². The van der Waals surface area contributed by atoms with Gasteiger partial charge in [0, 0.05) is 30.5 Å². The van der Waals surface area contributed by atoms with E-state index >= 15 is 0 Å². The molecule has 0 spiro atoms. The van der Waals surface area contributed by atoms with E-state index in [0.29, 0.717) is 55.0 Å². The van der Waals surface area contributed by atoms with Crippen molar-refractivity contribution in [3.8, 4) is 11.4 Å². The predicted molar refractivity (Wildman–Crippen MR) is 135 cm³/mol. The van der Waals surface area contributed by atoms with E-state index in [9.17, 15) is 4.79 Å². The van der Waals surface area contributed by atoms with Crippen molar-refractivity contribution in [1.29, 1.82) is 0 Å². The van der Waals surface area contributed by atoms with Crippen LogP contribution in [-0.4, -0.2) is 77.1 Å². The molecule has 11 heteroatoms. The highest BCUT2D eigenvalue weighted by atomic mass is 16.5. The Morgan fingerprint density at radius 1 is 1.00 bits per heavy atom. The molecular weight excluding hydrogens is 460 g/mol. The molecule has 6 rings (SSSR count). The zero-order valence-corrected chi connectivity index (χ0v) is 20.0. The Bertz CT molecular complexity index is 1210. The Morgan fingerprint density at radius 3 is 2.50 bits per heavy atom. The fourth-order valence-electron chi connectivity index (χ4n) is 4.84. The normalized spacial score (nSPS) is 23.1. The molecule has 36 heavy (non-hydrogen) atoms. The first kappa shape index (κ1) is 22.6. The Balaban J connectivity index is 1.25. The number of aromatic nitrogens is 4. The maximum Gasteiger partial charge on any atom is 0.323 e. The molecule has 11 nitrogen and oxygen atoms in total. The Kier molecular flexibility index (Phi) is 6.08. The molecule has 1 aromatic carbocycles. The third-order valence-electron chi connectivity index (χ3n) is 6.71. The van der Waals surface area contributed by atoms with Gasteiger partial charge in [-0.3, -0.25) is 4.98 Å². The van der Waals surface area contributed by atoms with Gasteiger partial charge in [-0.1, -0.05) is 0 Å². The van der Waals surface area contributed by atoms with Crippen molar-refractivity contribution in [2.75, 3.05) is 53.3 Å². The Hall–Kier alpha value is -3.83. The number of ether oxygens (including phenoxy) is 2. The number of nitrogens with one attached hydrogen (secondary N) is 2. The minimum Gasteiger partial charge on any atom is -0.377 e. The van der Waals surface area contributed by atoms with Crippen LogP contribution in [0.2, 0.25) is 0 Å². The molecule has 2 N–H and O–H groups in total. The van der Waals surface area contributed by atoms with E-state index in [2.05, 4.69) is 32.3 Å². The highest BCUT2D eigenvalue weighted by Crippen LogP contribution is 2.33. The molecule has 2 aromatic heterocycles. The van der Waals surface area contributed by atoms with Crippen LogP contribution in [0.4, 0.5) is 28.1 Å². The Morgan fingerprint density at radius 2 is 1.81 bits per heavy atom. The standard InChI is InChI=1S/C25H28N8O3/c1-16-14-35-10-9-32(16)23-29-22(30-24(31-23)33-13-21-11-20(33)15-36-21)17-4-6-18(7-5-17)27-25(34)28-19-3-2-8-26-12-19/h2-8,12,16,20-21H,9-11,13-15H2,1H3,(H2,27,28,34)/t16-,20+,21+/m1/s1. The van der Waals surface area contributed by atoms with E-state index in [0.717, 1.165) is 25.1 Å². The summed E-state index contributed by atoms with van der Waals surface area (Å²) in [7, 11) is 0. The molecule has 3 fully saturated rings. The van der Waals surface area contributed by atoms with Crippen LogP contribution in [-0.2, 0) is 9.47 Å². The summed E-state index contributed by atoms with van der Waals surface area (Å²) in [5, 5.41) is 5.60. The summed E-state index contributed by atoms with van der Waals surface area (Å²) in [5.74, 6) is 1.94. The maximum absolute atomic E-state index is 12.3. The summed E-state index contributed by atoms with van der Waals surface area (Å²) in [4.78, 5) is 35.3. The van der Waals surface area contributed by atoms with Gasteiger partial charge in [-0.25, -0.2) is 4.79 Å². The lowest BCUT2D eigenvalue weighted by molar-refractivity contribution is 0.0974. The lowest BCUT2D eigenvalue weighted by Crippen LogP contribution is -2.45. The summed E-state index contributed by atoms with van der Waals surface area (Å²) in [6.45, 7) is 5.63. The molecule has 2 bridgehead atoms. The molecule has 3 saturated heterocycles. The molecule has 0 unspecified atom stereocenters. The summed E-state index contributed by atoms with van der Waals surface area (Å²) >= 11 is 0. The predicted octanol–water partition coefficient (Wildman–Crippen LogP) is 2.78. The molecule has 3 aliphatic heterocycles. The van der Waals surface area contributed by atoms with E-state index in [1.807, 2.05) is 24.3 Å². The number of carbonyl (C=O) groups is 1. The van der Waals surface area contributed by atoms with Crippen molar-refractivity contribution in [2.45, 2.75) is 31.5 Å². The van der Waals surface area contributed by atoms with Gasteiger partial charge in [0.1, 0.15) is 0 Å². The molecule has 0 radical (unpaired) electrons. The molecule has 0 aliphatic carbocycles. The number of fused-ring (bicyclic) bond motifs is 2. The van der Waals surface area contributed by atoms with Crippen molar-refractivity contribution in [3.05, 3.63) is 48.8 Å². The van der Waals surface area contributed by atoms with Crippen molar-refractivity contribution >= 4 is 29.3 Å². The van der Waals surface area contributed by atoms with Crippen LogP contribution in [0.25, 0.3) is 11.4 Å². The van der Waals surface area contributed by atoms with Crippen LogP contribution in [0.5, 0.6) is 0 Å². The number of pyridine rings is 1. The SMILES string of the molecule is C[C@@H]1COCCN1c1nc(-c2ccc(NC(=O)Nc3cccnc3)cc2)nc(N2C[C@@H]3C[C@H]2CO3)n1. The van der Waals surface area contributed by atoms with Crippen LogP contribution in [0, 0.1) is 0 Å². The van der Waals surface area contributed by atoms with Gasteiger partial charge >= 0.3 is 6.03 Å². The number of hydrogen-bond acceptors (Lipinski definition) is 9. The number of benzene rings is 1. The fraction of sp³-hybridized carbons (Fsp3) is 0.400. The molecule has 3 aliphatic rings. The van der Waals surface area contributed by atoms with E-state index < -0.39 is 0 Å². The topological polar surface area (TPSA) is 118 Å². The third-order valence-corrected chi connectivity index (χ3v) is 6.71. The monoisotopic (exact) mass is 488 g/mol. The second-order valence-electron chi connectivity index (χ2n) is 9.27. The largest absolute Gasteiger partial charge is 0.377 e. The molecule has 3 aromatic rings. The lowest BCUT2D eigenvalue weighted by atomic mass is 10.2. The molecule has 186 valence electrons. The minimum absolute atomic E-state index is 0.171. The van der Waals surface area contributed by atoms with Crippen LogP contribution < -0.4 is 20.4 Å². The zero-order chi connectivity index (χ0) is 24.5. The highest BCUT2D eigenvalue weighted by Gasteiger charge is 2.41. The van der Waals surface area contributed by atoms with Gasteiger partial charge < -0.3 is 29.9 Å². The van der Waals surface area contributed by atoms with Crippen molar-refractivity contribution < 1.29 is 14.3 Å².